The van der Waals surface area contributed by atoms with E-state index in [1.54, 1.807) is 6.20 Å². The van der Waals surface area contributed by atoms with Crippen molar-refractivity contribution < 1.29 is 9.53 Å². The summed E-state index contributed by atoms with van der Waals surface area (Å²) in [5, 5.41) is 1.09. The fourth-order valence-electron chi connectivity index (χ4n) is 4.92. The number of rotatable bonds is 4. The van der Waals surface area contributed by atoms with Crippen molar-refractivity contribution >= 4 is 22.6 Å². The molecule has 2 aromatic carbocycles. The molecule has 4 aromatic rings. The molecule has 1 aliphatic heterocycles. The Hall–Kier alpha value is -3.60. The summed E-state index contributed by atoms with van der Waals surface area (Å²) < 4.78 is 8.59. The number of cyclic esters (lactones) is 1. The van der Waals surface area contributed by atoms with Crippen molar-refractivity contribution in [1.29, 1.82) is 0 Å². The molecule has 1 aliphatic rings. The highest BCUT2D eigenvalue weighted by Gasteiger charge is 2.51. The number of ether oxygens (including phenoxy) is 1. The van der Waals surface area contributed by atoms with Crippen LogP contribution in [-0.4, -0.2) is 29.6 Å². The van der Waals surface area contributed by atoms with Crippen LogP contribution in [0.15, 0.2) is 66.9 Å². The maximum Gasteiger partial charge on any atom is 0.358 e. The number of aryl methyl sites for hydroxylation is 1. The Labute approximate surface area is 181 Å². The fourth-order valence-corrected chi connectivity index (χ4v) is 4.92. The van der Waals surface area contributed by atoms with Gasteiger partial charge >= 0.3 is 5.97 Å². The van der Waals surface area contributed by atoms with Crippen LogP contribution < -0.4 is 4.90 Å². The number of pyridine rings is 1. The normalized spacial score (nSPS) is 17.6. The van der Waals surface area contributed by atoms with E-state index in [9.17, 15) is 4.79 Å². The molecule has 0 radical (unpaired) electrons. The lowest BCUT2D eigenvalue weighted by molar-refractivity contribution is 0.0251. The van der Waals surface area contributed by atoms with Crippen LogP contribution in [0.3, 0.4) is 0 Å². The maximum absolute atomic E-state index is 13.0. The fraction of sp³-hybridized carbons (Fsp3) is 0.231. The van der Waals surface area contributed by atoms with Gasteiger partial charge in [0.2, 0.25) is 0 Å². The van der Waals surface area contributed by atoms with Crippen molar-refractivity contribution in [2.45, 2.75) is 26.0 Å². The van der Waals surface area contributed by atoms with Crippen LogP contribution in [0.4, 0.5) is 5.69 Å². The first-order valence-corrected chi connectivity index (χ1v) is 10.5. The second-order valence-corrected chi connectivity index (χ2v) is 8.13. The molecule has 0 aliphatic carbocycles. The minimum atomic E-state index is -1.05. The van der Waals surface area contributed by atoms with Crippen molar-refractivity contribution in [2.75, 3.05) is 19.0 Å². The number of hydrogen-bond acceptors (Lipinski definition) is 4. The topological polar surface area (TPSA) is 47.4 Å². The van der Waals surface area contributed by atoms with E-state index in [4.69, 9.17) is 4.74 Å². The molecule has 3 heterocycles. The summed E-state index contributed by atoms with van der Waals surface area (Å²) in [5.41, 5.74) is 5.35. The molecule has 0 N–H and O–H groups in total. The maximum atomic E-state index is 13.0. The van der Waals surface area contributed by atoms with Gasteiger partial charge in [-0.05, 0) is 38.1 Å². The third-order valence-corrected chi connectivity index (χ3v) is 6.32. The molecule has 2 aromatic heterocycles. The van der Waals surface area contributed by atoms with Gasteiger partial charge < -0.3 is 14.2 Å². The second-order valence-electron chi connectivity index (χ2n) is 8.13. The van der Waals surface area contributed by atoms with Crippen molar-refractivity contribution in [3.8, 4) is 0 Å². The van der Waals surface area contributed by atoms with Gasteiger partial charge in [0.25, 0.3) is 0 Å². The Balaban J connectivity index is 1.90. The summed E-state index contributed by atoms with van der Waals surface area (Å²) in [4.78, 5) is 19.5. The number of hydrogen-bond donors (Lipinski definition) is 0. The number of esters is 1. The number of nitrogens with zero attached hydrogens (tertiary/aromatic N) is 3. The quantitative estimate of drug-likeness (QED) is 0.449. The number of carbonyl (C=O) groups is 1. The molecule has 5 heteroatoms. The van der Waals surface area contributed by atoms with Crippen molar-refractivity contribution in [1.82, 2.24) is 9.55 Å². The monoisotopic (exact) mass is 411 g/mol. The van der Waals surface area contributed by atoms with E-state index in [-0.39, 0.29) is 5.97 Å². The van der Waals surface area contributed by atoms with Gasteiger partial charge in [0.1, 0.15) is 0 Å². The molecule has 1 atom stereocenters. The summed E-state index contributed by atoms with van der Waals surface area (Å²) in [5.74, 6) is -0.389. The third kappa shape index (κ3) is 2.62. The molecule has 0 amide bonds. The van der Waals surface area contributed by atoms with Crippen molar-refractivity contribution in [2.24, 2.45) is 0 Å². The SMILES string of the molecule is CCn1c(C)c(C2(c3ccc(N(C)C)cc3)OC(=O)c3ncccc32)c2ccccc21. The molecule has 0 bridgehead atoms. The number of aromatic nitrogens is 2. The lowest BCUT2D eigenvalue weighted by Gasteiger charge is -2.31. The average Bonchev–Trinajstić information content (AvgIpc) is 3.25. The zero-order valence-corrected chi connectivity index (χ0v) is 18.2. The standard InChI is InChI=1S/C26H25N3O2/c1-5-29-17(2)23(20-9-6-7-11-22(20)29)26(18-12-14-19(15-13-18)28(3)4)21-10-8-16-27-24(21)25(30)31-26/h6-16H,5H2,1-4H3. The van der Waals surface area contributed by atoms with Crippen LogP contribution in [0.25, 0.3) is 10.9 Å². The Morgan fingerprint density at radius 3 is 2.48 bits per heavy atom. The molecule has 0 spiro atoms. The molecule has 31 heavy (non-hydrogen) atoms. The van der Waals surface area contributed by atoms with E-state index in [2.05, 4.69) is 64.7 Å². The van der Waals surface area contributed by atoms with E-state index in [1.807, 2.05) is 38.4 Å². The number of fused-ring (bicyclic) bond motifs is 2. The van der Waals surface area contributed by atoms with Crippen LogP contribution in [0.1, 0.15) is 39.8 Å². The largest absolute Gasteiger partial charge is 0.439 e. The summed E-state index contributed by atoms with van der Waals surface area (Å²) in [7, 11) is 4.03. The Bertz CT molecular complexity index is 1300. The molecule has 0 fully saturated rings. The molecule has 156 valence electrons. The van der Waals surface area contributed by atoms with Gasteiger partial charge in [0.15, 0.2) is 11.3 Å². The highest BCUT2D eigenvalue weighted by Crippen LogP contribution is 2.50. The van der Waals surface area contributed by atoms with Gasteiger partial charge in [-0.1, -0.05) is 36.4 Å². The zero-order valence-electron chi connectivity index (χ0n) is 18.2. The Morgan fingerprint density at radius 1 is 1.03 bits per heavy atom. The lowest BCUT2D eigenvalue weighted by Crippen LogP contribution is -2.30. The van der Waals surface area contributed by atoms with Crippen LogP contribution in [-0.2, 0) is 16.9 Å². The molecule has 5 nitrogen and oxygen atoms in total. The van der Waals surface area contributed by atoms with E-state index in [0.717, 1.165) is 45.5 Å². The van der Waals surface area contributed by atoms with E-state index in [1.165, 1.54) is 0 Å². The van der Waals surface area contributed by atoms with Crippen molar-refractivity contribution in [3.05, 3.63) is 94.9 Å². The van der Waals surface area contributed by atoms with Gasteiger partial charge in [0.05, 0.1) is 0 Å². The molecule has 0 saturated carbocycles. The third-order valence-electron chi connectivity index (χ3n) is 6.32. The van der Waals surface area contributed by atoms with E-state index in [0.29, 0.717) is 5.69 Å². The predicted molar refractivity (Wildman–Crippen MR) is 123 cm³/mol. The van der Waals surface area contributed by atoms with Gasteiger partial charge in [-0.15, -0.1) is 0 Å². The zero-order chi connectivity index (χ0) is 21.8. The molecule has 5 rings (SSSR count). The minimum Gasteiger partial charge on any atom is -0.439 e. The van der Waals surface area contributed by atoms with Gasteiger partial charge in [-0.3, -0.25) is 0 Å². The first kappa shape index (κ1) is 19.4. The summed E-state index contributed by atoms with van der Waals surface area (Å²) in [6, 6.07) is 20.4. The average molecular weight is 412 g/mol. The van der Waals surface area contributed by atoms with Crippen LogP contribution in [0.5, 0.6) is 0 Å². The van der Waals surface area contributed by atoms with Crippen LogP contribution >= 0.6 is 0 Å². The summed E-state index contributed by atoms with van der Waals surface area (Å²) in [6.45, 7) is 5.07. The van der Waals surface area contributed by atoms with Crippen molar-refractivity contribution in [3.63, 3.8) is 0 Å². The molecule has 1 unspecified atom stereocenters. The highest BCUT2D eigenvalue weighted by atomic mass is 16.6. The summed E-state index contributed by atoms with van der Waals surface area (Å²) in [6.07, 6.45) is 1.65. The van der Waals surface area contributed by atoms with E-state index < -0.39 is 5.60 Å². The predicted octanol–water partition coefficient (Wildman–Crippen LogP) is 4.89. The first-order valence-electron chi connectivity index (χ1n) is 10.5. The first-order chi connectivity index (χ1) is 15.0. The van der Waals surface area contributed by atoms with Gasteiger partial charge in [0, 0.05) is 65.8 Å². The van der Waals surface area contributed by atoms with E-state index >= 15 is 0 Å². The second kappa shape index (κ2) is 6.98. The minimum absolute atomic E-state index is 0.381. The number of carbonyl (C=O) groups excluding carboxylic acids is 1. The Kier molecular flexibility index (Phi) is 4.36. The van der Waals surface area contributed by atoms with Crippen LogP contribution in [0.2, 0.25) is 0 Å². The number of para-hydroxylation sites is 1. The molecular formula is C26H25N3O2. The smallest absolute Gasteiger partial charge is 0.358 e. The van der Waals surface area contributed by atoms with Gasteiger partial charge in [-0.2, -0.15) is 0 Å². The van der Waals surface area contributed by atoms with Gasteiger partial charge in [-0.25, -0.2) is 9.78 Å². The number of benzene rings is 2. The Morgan fingerprint density at radius 2 is 1.77 bits per heavy atom. The number of anilines is 1. The van der Waals surface area contributed by atoms with Crippen LogP contribution in [0, 0.1) is 6.92 Å². The highest BCUT2D eigenvalue weighted by molar-refractivity contribution is 5.97. The molecular weight excluding hydrogens is 386 g/mol. The summed E-state index contributed by atoms with van der Waals surface area (Å²) >= 11 is 0. The lowest BCUT2D eigenvalue weighted by atomic mass is 9.79. The molecule has 0 saturated heterocycles.